The average Bonchev–Trinajstić information content (AvgIpc) is 3.73. The van der Waals surface area contributed by atoms with Crippen LogP contribution in [0.25, 0.3) is 56.0 Å². The highest BCUT2D eigenvalue weighted by atomic mass is 14.9. The van der Waals surface area contributed by atoms with Crippen molar-refractivity contribution >= 4 is 23.8 Å². The minimum atomic E-state index is -0.550. The molecular formula is C52H35N3. The third kappa shape index (κ3) is 5.24. The number of rotatable bonds is 6. The molecule has 0 amide bonds. The van der Waals surface area contributed by atoms with Crippen molar-refractivity contribution in [3.8, 4) is 44.8 Å². The molecule has 1 heterocycles. The molecule has 0 bridgehead atoms. The van der Waals surface area contributed by atoms with Crippen LogP contribution in [-0.4, -0.2) is 17.5 Å². The molecule has 0 aliphatic heterocycles. The second kappa shape index (κ2) is 13.3. The molecule has 0 fully saturated rings. The lowest BCUT2D eigenvalue weighted by Crippen LogP contribution is -2.26. The van der Waals surface area contributed by atoms with Crippen LogP contribution in [0.15, 0.2) is 210 Å². The average molecular weight is 702 g/mol. The van der Waals surface area contributed by atoms with Crippen molar-refractivity contribution in [2.45, 2.75) is 5.41 Å². The lowest BCUT2D eigenvalue weighted by atomic mass is 9.68. The van der Waals surface area contributed by atoms with Gasteiger partial charge < -0.3 is 0 Å². The van der Waals surface area contributed by atoms with E-state index in [0.717, 1.165) is 61.6 Å². The number of fused-ring (bicyclic) bond motifs is 7. The summed E-state index contributed by atoms with van der Waals surface area (Å²) in [7, 11) is 0. The van der Waals surface area contributed by atoms with E-state index in [1.54, 1.807) is 0 Å². The zero-order valence-electron chi connectivity index (χ0n) is 30.1. The van der Waals surface area contributed by atoms with E-state index in [-0.39, 0.29) is 0 Å². The van der Waals surface area contributed by atoms with Crippen LogP contribution in [0.4, 0.5) is 0 Å². The Morgan fingerprint density at radius 1 is 0.418 bits per heavy atom. The highest BCUT2D eigenvalue weighted by Crippen LogP contribution is 2.64. The Kier molecular flexibility index (Phi) is 7.85. The summed E-state index contributed by atoms with van der Waals surface area (Å²) in [5.74, 6) is 0.567. The fraction of sp³-hybridized carbons (Fsp3) is 0.0192. The summed E-state index contributed by atoms with van der Waals surface area (Å²) < 4.78 is 0. The SMILES string of the molecule is C=N/C(=N\C1=C(c2ccccc2)C2(c3ccccc31)c1ccccc1-c1ccccc12)c1ccc(-c2cc(-c3ccccc3)cc(-c3ccccc3)n2)cc1. The maximum absolute atomic E-state index is 5.49. The van der Waals surface area contributed by atoms with Gasteiger partial charge in [0.05, 0.1) is 22.5 Å². The van der Waals surface area contributed by atoms with E-state index in [2.05, 4.69) is 200 Å². The first-order chi connectivity index (χ1) is 27.2. The molecule has 0 N–H and O–H groups in total. The van der Waals surface area contributed by atoms with Gasteiger partial charge in [-0.15, -0.1) is 0 Å². The molecule has 2 aliphatic rings. The Morgan fingerprint density at radius 3 is 1.40 bits per heavy atom. The first-order valence-electron chi connectivity index (χ1n) is 18.6. The molecule has 1 aromatic heterocycles. The number of hydrogen-bond acceptors (Lipinski definition) is 2. The van der Waals surface area contributed by atoms with Crippen LogP contribution in [-0.2, 0) is 5.41 Å². The molecule has 3 nitrogen and oxygen atoms in total. The molecule has 0 saturated carbocycles. The van der Waals surface area contributed by atoms with E-state index in [9.17, 15) is 0 Å². The van der Waals surface area contributed by atoms with Gasteiger partial charge in [0.1, 0.15) is 0 Å². The second-order valence-corrected chi connectivity index (χ2v) is 14.0. The van der Waals surface area contributed by atoms with E-state index in [1.807, 2.05) is 12.1 Å². The molecule has 0 atom stereocenters. The highest BCUT2D eigenvalue weighted by molar-refractivity contribution is 6.13. The van der Waals surface area contributed by atoms with Crippen molar-refractivity contribution in [2.24, 2.45) is 9.98 Å². The summed E-state index contributed by atoms with van der Waals surface area (Å²) in [6.45, 7) is 4.05. The Balaban J connectivity index is 1.14. The molecular weight excluding hydrogens is 667 g/mol. The van der Waals surface area contributed by atoms with Gasteiger partial charge in [-0.2, -0.15) is 0 Å². The molecule has 55 heavy (non-hydrogen) atoms. The van der Waals surface area contributed by atoms with Crippen LogP contribution in [0.3, 0.4) is 0 Å². The van der Waals surface area contributed by atoms with Gasteiger partial charge in [-0.25, -0.2) is 15.0 Å². The van der Waals surface area contributed by atoms with E-state index in [1.165, 1.54) is 27.8 Å². The van der Waals surface area contributed by atoms with Crippen LogP contribution in [0, 0.1) is 0 Å². The largest absolute Gasteiger partial charge is 0.248 e. The Morgan fingerprint density at radius 2 is 0.855 bits per heavy atom. The molecule has 10 rings (SSSR count). The normalized spacial score (nSPS) is 13.7. The molecule has 7 aromatic carbocycles. The topological polar surface area (TPSA) is 37.6 Å². The molecule has 2 aliphatic carbocycles. The predicted molar refractivity (Wildman–Crippen MR) is 228 cm³/mol. The maximum Gasteiger partial charge on any atom is 0.159 e. The van der Waals surface area contributed by atoms with Gasteiger partial charge in [-0.3, -0.25) is 0 Å². The van der Waals surface area contributed by atoms with Gasteiger partial charge >= 0.3 is 0 Å². The quantitative estimate of drug-likeness (QED) is 0.126. The molecule has 0 saturated heterocycles. The summed E-state index contributed by atoms with van der Waals surface area (Å²) in [5.41, 5.74) is 17.1. The van der Waals surface area contributed by atoms with Gasteiger partial charge in [0, 0.05) is 27.8 Å². The highest BCUT2D eigenvalue weighted by Gasteiger charge is 2.53. The molecule has 1 spiro atoms. The van der Waals surface area contributed by atoms with Gasteiger partial charge in [-0.05, 0) is 63.4 Å². The number of amidine groups is 1. The van der Waals surface area contributed by atoms with Crippen molar-refractivity contribution in [1.29, 1.82) is 0 Å². The third-order valence-corrected chi connectivity index (χ3v) is 11.0. The predicted octanol–water partition coefficient (Wildman–Crippen LogP) is 12.4. The number of hydrogen-bond donors (Lipinski definition) is 0. The summed E-state index contributed by atoms with van der Waals surface area (Å²) in [5, 5.41) is 0. The van der Waals surface area contributed by atoms with Crippen molar-refractivity contribution in [3.05, 3.63) is 234 Å². The zero-order chi connectivity index (χ0) is 36.8. The lowest BCUT2D eigenvalue weighted by Gasteiger charge is -2.32. The number of aliphatic imine (C=N–C) groups is 2. The van der Waals surface area contributed by atoms with Crippen molar-refractivity contribution in [1.82, 2.24) is 4.98 Å². The van der Waals surface area contributed by atoms with E-state index < -0.39 is 5.41 Å². The Labute approximate surface area is 321 Å². The van der Waals surface area contributed by atoms with Crippen molar-refractivity contribution in [3.63, 3.8) is 0 Å². The molecule has 8 aromatic rings. The number of pyridine rings is 1. The smallest absolute Gasteiger partial charge is 0.159 e. The summed E-state index contributed by atoms with van der Waals surface area (Å²) in [6.07, 6.45) is 0. The van der Waals surface area contributed by atoms with Crippen LogP contribution in [0.1, 0.15) is 33.4 Å². The monoisotopic (exact) mass is 701 g/mol. The maximum atomic E-state index is 5.49. The van der Waals surface area contributed by atoms with Crippen LogP contribution in [0.2, 0.25) is 0 Å². The minimum absolute atomic E-state index is 0.550. The first kappa shape index (κ1) is 32.4. The van der Waals surface area contributed by atoms with Gasteiger partial charge in [0.2, 0.25) is 0 Å². The van der Waals surface area contributed by atoms with Crippen LogP contribution >= 0.6 is 0 Å². The van der Waals surface area contributed by atoms with Gasteiger partial charge in [-0.1, -0.05) is 188 Å². The molecule has 0 unspecified atom stereocenters. The number of aromatic nitrogens is 1. The van der Waals surface area contributed by atoms with Crippen LogP contribution in [0.5, 0.6) is 0 Å². The van der Waals surface area contributed by atoms with Crippen LogP contribution < -0.4 is 0 Å². The van der Waals surface area contributed by atoms with E-state index in [0.29, 0.717) is 5.84 Å². The third-order valence-electron chi connectivity index (χ3n) is 11.0. The number of allylic oxidation sites excluding steroid dienone is 1. The fourth-order valence-electron chi connectivity index (χ4n) is 8.65. The van der Waals surface area contributed by atoms with Crippen molar-refractivity contribution < 1.29 is 0 Å². The molecule has 258 valence electrons. The van der Waals surface area contributed by atoms with Crippen molar-refractivity contribution in [2.75, 3.05) is 0 Å². The molecule has 3 heteroatoms. The van der Waals surface area contributed by atoms with E-state index >= 15 is 0 Å². The van der Waals surface area contributed by atoms with Gasteiger partial charge in [0.25, 0.3) is 0 Å². The van der Waals surface area contributed by atoms with E-state index in [4.69, 9.17) is 9.98 Å². The second-order valence-electron chi connectivity index (χ2n) is 14.0. The zero-order valence-corrected chi connectivity index (χ0v) is 30.1. The fourth-order valence-corrected chi connectivity index (χ4v) is 8.65. The van der Waals surface area contributed by atoms with Gasteiger partial charge in [0.15, 0.2) is 5.84 Å². The Hall–Kier alpha value is -7.23. The summed E-state index contributed by atoms with van der Waals surface area (Å²) in [6, 6.07) is 70.7. The minimum Gasteiger partial charge on any atom is -0.248 e. The Bertz CT molecular complexity index is 2700. The first-order valence-corrected chi connectivity index (χ1v) is 18.6. The number of nitrogens with zero attached hydrogens (tertiary/aromatic N) is 3. The number of benzene rings is 7. The summed E-state index contributed by atoms with van der Waals surface area (Å²) >= 11 is 0. The standard InChI is InChI=1S/C52H35N3/c1-53-51(39-31-29-37(30-32-39)48-34-40(35-17-5-2-6-18-35)33-47(54-48)36-19-7-3-8-20-36)55-50-43-25-13-16-28-46(43)52(49(50)38-21-9-4-10-22-38)44-26-14-11-23-41(44)42-24-12-15-27-45(42)52/h2-34H,1H2/b55-51-. The lowest BCUT2D eigenvalue weighted by molar-refractivity contribution is 0.842. The molecule has 0 radical (unpaired) electrons. The summed E-state index contributed by atoms with van der Waals surface area (Å²) in [4.78, 5) is 15.2.